The van der Waals surface area contributed by atoms with Gasteiger partial charge in [0.1, 0.15) is 18.2 Å². The first-order chi connectivity index (χ1) is 9.10. The minimum absolute atomic E-state index is 0.187. The third-order valence-electron chi connectivity index (χ3n) is 2.76. The summed E-state index contributed by atoms with van der Waals surface area (Å²) in [5.74, 6) is 0.789. The van der Waals surface area contributed by atoms with Crippen LogP contribution in [0.5, 0.6) is 5.75 Å². The lowest BCUT2D eigenvalue weighted by Crippen LogP contribution is -2.00. The average molecular weight is 344 g/mol. The van der Waals surface area contributed by atoms with E-state index in [0.717, 1.165) is 11.1 Å². The van der Waals surface area contributed by atoms with Crippen LogP contribution in [0.15, 0.2) is 40.9 Å². The standard InChI is InChI=1S/C15H13BrClFO/c1-10-2-5-15(12(6-10)8-17)19-9-11-3-4-13(16)7-14(11)18/h2-7H,8-9H2,1H3. The Morgan fingerprint density at radius 2 is 1.95 bits per heavy atom. The summed E-state index contributed by atoms with van der Waals surface area (Å²) in [5, 5.41) is 0. The summed E-state index contributed by atoms with van der Waals surface area (Å²) < 4.78 is 20.0. The maximum Gasteiger partial charge on any atom is 0.130 e. The molecule has 0 aliphatic carbocycles. The summed E-state index contributed by atoms with van der Waals surface area (Å²) in [6, 6.07) is 10.7. The molecule has 0 saturated heterocycles. The van der Waals surface area contributed by atoms with Gasteiger partial charge in [-0.15, -0.1) is 11.6 Å². The molecule has 0 unspecified atom stereocenters. The van der Waals surface area contributed by atoms with Crippen LogP contribution in [-0.2, 0) is 12.5 Å². The monoisotopic (exact) mass is 342 g/mol. The van der Waals surface area contributed by atoms with Gasteiger partial charge in [-0.3, -0.25) is 0 Å². The van der Waals surface area contributed by atoms with Crippen molar-refractivity contribution >= 4 is 27.5 Å². The second-order valence-electron chi connectivity index (χ2n) is 4.27. The van der Waals surface area contributed by atoms with E-state index in [4.69, 9.17) is 16.3 Å². The van der Waals surface area contributed by atoms with Crippen molar-refractivity contribution < 1.29 is 9.13 Å². The molecule has 0 aliphatic rings. The SMILES string of the molecule is Cc1ccc(OCc2ccc(Br)cc2F)c(CCl)c1. The molecule has 0 spiro atoms. The van der Waals surface area contributed by atoms with Crippen molar-refractivity contribution in [2.24, 2.45) is 0 Å². The molecular formula is C15H13BrClFO. The number of hydrogen-bond donors (Lipinski definition) is 0. The summed E-state index contributed by atoms with van der Waals surface area (Å²) in [6.07, 6.45) is 0. The van der Waals surface area contributed by atoms with E-state index in [1.807, 2.05) is 25.1 Å². The number of hydrogen-bond acceptors (Lipinski definition) is 1. The van der Waals surface area contributed by atoms with E-state index in [1.54, 1.807) is 12.1 Å². The lowest BCUT2D eigenvalue weighted by molar-refractivity contribution is 0.297. The molecule has 0 heterocycles. The zero-order chi connectivity index (χ0) is 13.8. The lowest BCUT2D eigenvalue weighted by atomic mass is 10.1. The molecule has 0 amide bonds. The molecule has 0 aromatic heterocycles. The molecule has 0 N–H and O–H groups in total. The Morgan fingerprint density at radius 1 is 1.16 bits per heavy atom. The average Bonchev–Trinajstić information content (AvgIpc) is 2.39. The Morgan fingerprint density at radius 3 is 2.63 bits per heavy atom. The van der Waals surface area contributed by atoms with Gasteiger partial charge in [0, 0.05) is 15.6 Å². The Balaban J connectivity index is 2.14. The molecule has 1 nitrogen and oxygen atoms in total. The topological polar surface area (TPSA) is 9.23 Å². The molecule has 2 aromatic carbocycles. The molecule has 0 saturated carbocycles. The second kappa shape index (κ2) is 6.40. The number of alkyl halides is 1. The first-order valence-corrected chi connectivity index (χ1v) is 7.15. The van der Waals surface area contributed by atoms with Crippen molar-refractivity contribution in [3.63, 3.8) is 0 Å². The molecule has 4 heteroatoms. The predicted molar refractivity (Wildman–Crippen MR) is 79.2 cm³/mol. The largest absolute Gasteiger partial charge is 0.488 e. The highest BCUT2D eigenvalue weighted by Gasteiger charge is 2.07. The van der Waals surface area contributed by atoms with Crippen molar-refractivity contribution in [3.05, 3.63) is 63.4 Å². The van der Waals surface area contributed by atoms with Crippen LogP contribution in [0.1, 0.15) is 16.7 Å². The van der Waals surface area contributed by atoms with Gasteiger partial charge in [0.15, 0.2) is 0 Å². The van der Waals surface area contributed by atoms with Gasteiger partial charge in [0.05, 0.1) is 5.88 Å². The van der Waals surface area contributed by atoms with E-state index >= 15 is 0 Å². The van der Waals surface area contributed by atoms with Crippen molar-refractivity contribution in [3.8, 4) is 5.75 Å². The van der Waals surface area contributed by atoms with E-state index in [1.165, 1.54) is 6.07 Å². The summed E-state index contributed by atoms with van der Waals surface area (Å²) in [6.45, 7) is 2.18. The Hall–Kier alpha value is -1.06. The van der Waals surface area contributed by atoms with Gasteiger partial charge in [0.2, 0.25) is 0 Å². The minimum Gasteiger partial charge on any atom is -0.488 e. The fourth-order valence-electron chi connectivity index (χ4n) is 1.75. The Bertz CT molecular complexity index is 586. The van der Waals surface area contributed by atoms with Crippen molar-refractivity contribution in [2.75, 3.05) is 0 Å². The number of aryl methyl sites for hydroxylation is 1. The van der Waals surface area contributed by atoms with Crippen LogP contribution in [0, 0.1) is 12.7 Å². The maximum absolute atomic E-state index is 13.7. The Labute approximate surface area is 125 Å². The van der Waals surface area contributed by atoms with Crippen LogP contribution in [0.3, 0.4) is 0 Å². The first kappa shape index (κ1) is 14.4. The zero-order valence-corrected chi connectivity index (χ0v) is 12.8. The highest BCUT2D eigenvalue weighted by Crippen LogP contribution is 2.24. The van der Waals surface area contributed by atoms with Gasteiger partial charge < -0.3 is 4.74 Å². The van der Waals surface area contributed by atoms with Gasteiger partial charge in [-0.05, 0) is 25.1 Å². The second-order valence-corrected chi connectivity index (χ2v) is 5.45. The molecule has 0 radical (unpaired) electrons. The van der Waals surface area contributed by atoms with E-state index in [-0.39, 0.29) is 12.4 Å². The molecule has 19 heavy (non-hydrogen) atoms. The molecule has 2 rings (SSSR count). The van der Waals surface area contributed by atoms with Crippen LogP contribution in [0.4, 0.5) is 4.39 Å². The van der Waals surface area contributed by atoms with Crippen molar-refractivity contribution in [1.29, 1.82) is 0 Å². The smallest absolute Gasteiger partial charge is 0.130 e. The molecule has 0 fully saturated rings. The zero-order valence-electron chi connectivity index (χ0n) is 10.4. The van der Waals surface area contributed by atoms with Gasteiger partial charge >= 0.3 is 0 Å². The molecule has 2 aromatic rings. The van der Waals surface area contributed by atoms with Gasteiger partial charge in [0.25, 0.3) is 0 Å². The van der Waals surface area contributed by atoms with Gasteiger partial charge in [-0.2, -0.15) is 0 Å². The number of ether oxygens (including phenoxy) is 1. The predicted octanol–water partition coefficient (Wildman–Crippen LogP) is 5.21. The molecule has 0 bridgehead atoms. The number of benzene rings is 2. The highest BCUT2D eigenvalue weighted by atomic mass is 79.9. The van der Waals surface area contributed by atoms with Crippen LogP contribution in [0.2, 0.25) is 0 Å². The van der Waals surface area contributed by atoms with Crippen LogP contribution < -0.4 is 4.74 Å². The quantitative estimate of drug-likeness (QED) is 0.692. The number of rotatable bonds is 4. The third kappa shape index (κ3) is 3.71. The van der Waals surface area contributed by atoms with E-state index in [9.17, 15) is 4.39 Å². The maximum atomic E-state index is 13.7. The normalized spacial score (nSPS) is 10.5. The van der Waals surface area contributed by atoms with Crippen LogP contribution in [-0.4, -0.2) is 0 Å². The summed E-state index contributed by atoms with van der Waals surface area (Å²) in [5.41, 5.74) is 2.56. The van der Waals surface area contributed by atoms with E-state index in [2.05, 4.69) is 15.9 Å². The van der Waals surface area contributed by atoms with Crippen molar-refractivity contribution in [1.82, 2.24) is 0 Å². The molecule has 0 atom stereocenters. The highest BCUT2D eigenvalue weighted by molar-refractivity contribution is 9.10. The lowest BCUT2D eigenvalue weighted by Gasteiger charge is -2.11. The van der Waals surface area contributed by atoms with Crippen LogP contribution in [0.25, 0.3) is 0 Å². The van der Waals surface area contributed by atoms with Gasteiger partial charge in [-0.1, -0.05) is 39.7 Å². The molecular weight excluding hydrogens is 331 g/mol. The molecule has 100 valence electrons. The fraction of sp³-hybridized carbons (Fsp3) is 0.200. The minimum atomic E-state index is -0.283. The summed E-state index contributed by atoms with van der Waals surface area (Å²) >= 11 is 9.10. The van der Waals surface area contributed by atoms with Crippen LogP contribution >= 0.6 is 27.5 Å². The van der Waals surface area contributed by atoms with Crippen molar-refractivity contribution in [2.45, 2.75) is 19.4 Å². The summed E-state index contributed by atoms with van der Waals surface area (Å²) in [4.78, 5) is 0. The number of halogens is 3. The first-order valence-electron chi connectivity index (χ1n) is 5.82. The van der Waals surface area contributed by atoms with E-state index in [0.29, 0.717) is 21.7 Å². The fourth-order valence-corrected chi connectivity index (χ4v) is 2.29. The summed E-state index contributed by atoms with van der Waals surface area (Å²) in [7, 11) is 0. The Kier molecular flexibility index (Phi) is 4.83. The van der Waals surface area contributed by atoms with E-state index < -0.39 is 0 Å². The van der Waals surface area contributed by atoms with Gasteiger partial charge in [-0.25, -0.2) is 4.39 Å². The molecule has 0 aliphatic heterocycles. The third-order valence-corrected chi connectivity index (χ3v) is 3.54.